The van der Waals surface area contributed by atoms with E-state index < -0.39 is 0 Å². The van der Waals surface area contributed by atoms with Crippen molar-refractivity contribution in [3.05, 3.63) is 30.0 Å². The minimum absolute atomic E-state index is 0.0130. The number of hydrogen-bond acceptors (Lipinski definition) is 4. The Morgan fingerprint density at radius 2 is 2.16 bits per heavy atom. The molecule has 1 aliphatic rings. The molecule has 1 aliphatic heterocycles. The van der Waals surface area contributed by atoms with Gasteiger partial charge < -0.3 is 10.2 Å². The van der Waals surface area contributed by atoms with Crippen molar-refractivity contribution < 1.29 is 9.59 Å². The van der Waals surface area contributed by atoms with E-state index in [2.05, 4.69) is 20.4 Å². The van der Waals surface area contributed by atoms with Crippen molar-refractivity contribution >= 4 is 22.7 Å². The summed E-state index contributed by atoms with van der Waals surface area (Å²) >= 11 is 0. The zero-order valence-electron chi connectivity index (χ0n) is 14.8. The lowest BCUT2D eigenvalue weighted by atomic mass is 10.2. The highest BCUT2D eigenvalue weighted by atomic mass is 16.2. The second-order valence-corrected chi connectivity index (χ2v) is 6.65. The molecule has 0 bridgehead atoms. The van der Waals surface area contributed by atoms with E-state index in [4.69, 9.17) is 0 Å². The van der Waals surface area contributed by atoms with E-state index in [-0.39, 0.29) is 17.9 Å². The predicted molar refractivity (Wildman–Crippen MR) is 96.3 cm³/mol. The van der Waals surface area contributed by atoms with E-state index in [1.54, 1.807) is 19.0 Å². The molecule has 3 rings (SSSR count). The average molecular weight is 343 g/mol. The molecule has 0 aliphatic carbocycles. The quantitative estimate of drug-likeness (QED) is 0.773. The third-order valence-corrected chi connectivity index (χ3v) is 4.68. The van der Waals surface area contributed by atoms with Crippen molar-refractivity contribution in [3.63, 3.8) is 0 Å². The number of fused-ring (bicyclic) bond motifs is 1. The normalized spacial score (nSPS) is 17.8. The molecular weight excluding hydrogens is 318 g/mol. The van der Waals surface area contributed by atoms with Crippen LogP contribution in [0.2, 0.25) is 0 Å². The number of H-pyrrole nitrogens is 1. The molecule has 134 valence electrons. The van der Waals surface area contributed by atoms with E-state index in [1.165, 1.54) is 0 Å². The van der Waals surface area contributed by atoms with Gasteiger partial charge in [0.25, 0.3) is 5.91 Å². The van der Waals surface area contributed by atoms with E-state index in [9.17, 15) is 9.59 Å². The minimum Gasteiger partial charge on any atom is -0.351 e. The molecule has 1 aromatic carbocycles. The fraction of sp³-hybridized carbons (Fsp3) is 0.500. The number of aromatic amines is 1. The topological polar surface area (TPSA) is 81.3 Å². The molecule has 25 heavy (non-hydrogen) atoms. The highest BCUT2D eigenvalue weighted by Gasteiger charge is 2.31. The van der Waals surface area contributed by atoms with Gasteiger partial charge in [0.15, 0.2) is 5.69 Å². The fourth-order valence-electron chi connectivity index (χ4n) is 3.38. The summed E-state index contributed by atoms with van der Waals surface area (Å²) in [6.45, 7) is 2.33. The molecule has 7 heteroatoms. The first-order valence-corrected chi connectivity index (χ1v) is 8.74. The van der Waals surface area contributed by atoms with Crippen LogP contribution >= 0.6 is 0 Å². The highest BCUT2D eigenvalue weighted by molar-refractivity contribution is 6.04. The Morgan fingerprint density at radius 1 is 1.36 bits per heavy atom. The van der Waals surface area contributed by atoms with Gasteiger partial charge in [-0.3, -0.25) is 19.6 Å². The monoisotopic (exact) mass is 343 g/mol. The van der Waals surface area contributed by atoms with Gasteiger partial charge in [-0.15, -0.1) is 0 Å². The lowest BCUT2D eigenvalue weighted by Gasteiger charge is -2.25. The summed E-state index contributed by atoms with van der Waals surface area (Å²) in [4.78, 5) is 28.4. The summed E-state index contributed by atoms with van der Waals surface area (Å²) in [6, 6.07) is 7.57. The molecule has 1 saturated heterocycles. The van der Waals surface area contributed by atoms with Gasteiger partial charge in [-0.25, -0.2) is 0 Å². The third kappa shape index (κ3) is 3.82. The van der Waals surface area contributed by atoms with Crippen molar-refractivity contribution in [3.8, 4) is 0 Å². The summed E-state index contributed by atoms with van der Waals surface area (Å²) in [6.07, 6.45) is 2.78. The van der Waals surface area contributed by atoms with E-state index >= 15 is 0 Å². The van der Waals surface area contributed by atoms with Crippen molar-refractivity contribution in [1.29, 1.82) is 0 Å². The van der Waals surface area contributed by atoms with Gasteiger partial charge in [0, 0.05) is 32.6 Å². The molecule has 7 nitrogen and oxygen atoms in total. The van der Waals surface area contributed by atoms with Crippen LogP contribution in [-0.2, 0) is 4.79 Å². The molecule has 1 aromatic heterocycles. The smallest absolute Gasteiger partial charge is 0.272 e. The number of para-hydroxylation sites is 1. The zero-order valence-corrected chi connectivity index (χ0v) is 14.8. The Labute approximate surface area is 147 Å². The summed E-state index contributed by atoms with van der Waals surface area (Å²) < 4.78 is 0. The first-order chi connectivity index (χ1) is 12.1. The molecule has 1 atom stereocenters. The average Bonchev–Trinajstić information content (AvgIpc) is 3.24. The van der Waals surface area contributed by atoms with E-state index in [1.807, 2.05) is 24.3 Å². The Bertz CT molecular complexity index is 755. The van der Waals surface area contributed by atoms with Gasteiger partial charge in [0.2, 0.25) is 5.91 Å². The lowest BCUT2D eigenvalue weighted by Crippen LogP contribution is -2.43. The molecule has 0 spiro atoms. The number of rotatable bonds is 6. The van der Waals surface area contributed by atoms with Crippen LogP contribution in [0.1, 0.15) is 29.8 Å². The van der Waals surface area contributed by atoms with Crippen LogP contribution in [0, 0.1) is 0 Å². The maximum atomic E-state index is 12.3. The van der Waals surface area contributed by atoms with Gasteiger partial charge in [0.1, 0.15) is 0 Å². The number of likely N-dealkylation sites (tertiary alicyclic amines) is 1. The van der Waals surface area contributed by atoms with Gasteiger partial charge in [-0.2, -0.15) is 5.10 Å². The number of hydrogen-bond donors (Lipinski definition) is 2. The second kappa shape index (κ2) is 7.65. The largest absolute Gasteiger partial charge is 0.351 e. The molecule has 0 saturated carbocycles. The molecular formula is C18H25N5O2. The SMILES string of the molecule is CN(C)C(=O)C1CCCN1CCCNC(=O)c1n[nH]c2ccccc12. The Morgan fingerprint density at radius 3 is 2.96 bits per heavy atom. The minimum atomic E-state index is -0.167. The highest BCUT2D eigenvalue weighted by Crippen LogP contribution is 2.19. The van der Waals surface area contributed by atoms with Gasteiger partial charge in [0.05, 0.1) is 11.6 Å². The van der Waals surface area contributed by atoms with Gasteiger partial charge in [-0.1, -0.05) is 18.2 Å². The first kappa shape index (κ1) is 17.4. The molecule has 1 unspecified atom stereocenters. The second-order valence-electron chi connectivity index (χ2n) is 6.65. The third-order valence-electron chi connectivity index (χ3n) is 4.68. The summed E-state index contributed by atoms with van der Waals surface area (Å²) in [5, 5.41) is 10.7. The van der Waals surface area contributed by atoms with E-state index in [0.29, 0.717) is 12.2 Å². The van der Waals surface area contributed by atoms with Crippen LogP contribution in [-0.4, -0.2) is 71.6 Å². The van der Waals surface area contributed by atoms with Crippen LogP contribution in [0.4, 0.5) is 0 Å². The Hall–Kier alpha value is -2.41. The molecule has 2 aromatic rings. The van der Waals surface area contributed by atoms with Crippen molar-refractivity contribution in [2.24, 2.45) is 0 Å². The van der Waals surface area contributed by atoms with Crippen LogP contribution in [0.15, 0.2) is 24.3 Å². The van der Waals surface area contributed by atoms with Crippen molar-refractivity contribution in [1.82, 2.24) is 25.3 Å². The molecule has 2 heterocycles. The standard InChI is InChI=1S/C18H25N5O2/c1-22(2)18(25)15-9-5-11-23(15)12-6-10-19-17(24)16-13-7-3-4-8-14(13)20-21-16/h3-4,7-8,15H,5-6,9-12H2,1-2H3,(H,19,24)(H,20,21). The predicted octanol–water partition coefficient (Wildman–Crippen LogP) is 1.24. The molecule has 1 fully saturated rings. The summed E-state index contributed by atoms with van der Waals surface area (Å²) in [5.74, 6) is 0.00400. The number of nitrogens with one attached hydrogen (secondary N) is 2. The van der Waals surface area contributed by atoms with Crippen molar-refractivity contribution in [2.45, 2.75) is 25.3 Å². The summed E-state index contributed by atoms with van der Waals surface area (Å²) in [5.41, 5.74) is 1.28. The fourth-order valence-corrected chi connectivity index (χ4v) is 3.38. The Kier molecular flexibility index (Phi) is 5.33. The van der Waals surface area contributed by atoms with Crippen LogP contribution in [0.3, 0.4) is 0 Å². The first-order valence-electron chi connectivity index (χ1n) is 8.74. The Balaban J connectivity index is 1.48. The number of carbonyl (C=O) groups is 2. The number of amides is 2. The van der Waals surface area contributed by atoms with Crippen LogP contribution in [0.5, 0.6) is 0 Å². The van der Waals surface area contributed by atoms with Gasteiger partial charge >= 0.3 is 0 Å². The number of nitrogens with zero attached hydrogens (tertiary/aromatic N) is 3. The lowest BCUT2D eigenvalue weighted by molar-refractivity contribution is -0.133. The maximum absolute atomic E-state index is 12.3. The number of aromatic nitrogens is 2. The summed E-state index contributed by atoms with van der Waals surface area (Å²) in [7, 11) is 3.60. The zero-order chi connectivity index (χ0) is 17.8. The molecule has 2 amide bonds. The van der Waals surface area contributed by atoms with Crippen LogP contribution in [0.25, 0.3) is 10.9 Å². The molecule has 2 N–H and O–H groups in total. The van der Waals surface area contributed by atoms with Crippen LogP contribution < -0.4 is 5.32 Å². The van der Waals surface area contributed by atoms with E-state index in [0.717, 1.165) is 43.3 Å². The van der Waals surface area contributed by atoms with Crippen molar-refractivity contribution in [2.75, 3.05) is 33.7 Å². The van der Waals surface area contributed by atoms with Gasteiger partial charge in [-0.05, 0) is 31.9 Å². The number of likely N-dealkylation sites (N-methyl/N-ethyl adjacent to an activating group) is 1. The number of benzene rings is 1. The molecule has 0 radical (unpaired) electrons. The maximum Gasteiger partial charge on any atom is 0.272 e. The number of carbonyl (C=O) groups excluding carboxylic acids is 2.